The zero-order valence-corrected chi connectivity index (χ0v) is 16.7. The van der Waals surface area contributed by atoms with E-state index in [1.165, 1.54) is 0 Å². The van der Waals surface area contributed by atoms with Crippen molar-refractivity contribution in [3.63, 3.8) is 0 Å². The van der Waals surface area contributed by atoms with Crippen molar-refractivity contribution in [3.05, 3.63) is 29.8 Å². The quantitative estimate of drug-likeness (QED) is 0.801. The molecule has 1 N–H and O–H groups in total. The molecule has 2 fully saturated rings. The standard InChI is InChI=1S/C17H23F2N3O3S.ClH/c1-12-11-21(9-6-20-12)17(23)13-4-7-22(8-5-13)26(24,25)16-10-14(18)2-3-15(16)19;/h2-3,10,12-13,20H,4-9,11H2,1H3;1H. The average Bonchev–Trinajstić information content (AvgIpc) is 2.63. The summed E-state index contributed by atoms with van der Waals surface area (Å²) in [5.74, 6) is -1.96. The second-order valence-corrected chi connectivity index (χ2v) is 8.80. The third-order valence-electron chi connectivity index (χ3n) is 4.99. The number of rotatable bonds is 3. The molecule has 0 aromatic heterocycles. The van der Waals surface area contributed by atoms with Crippen LogP contribution in [0.25, 0.3) is 0 Å². The first kappa shape index (κ1) is 22.0. The van der Waals surface area contributed by atoms with Gasteiger partial charge in [0.25, 0.3) is 0 Å². The van der Waals surface area contributed by atoms with Gasteiger partial charge in [0.2, 0.25) is 15.9 Å². The third kappa shape index (κ3) is 4.77. The highest BCUT2D eigenvalue weighted by Crippen LogP contribution is 2.27. The Hall–Kier alpha value is -1.29. The van der Waals surface area contributed by atoms with Gasteiger partial charge in [0.1, 0.15) is 16.5 Å². The van der Waals surface area contributed by atoms with Gasteiger partial charge in [0.05, 0.1) is 0 Å². The molecule has 0 saturated carbocycles. The molecule has 2 heterocycles. The lowest BCUT2D eigenvalue weighted by molar-refractivity contribution is -0.137. The lowest BCUT2D eigenvalue weighted by Crippen LogP contribution is -2.54. The van der Waals surface area contributed by atoms with Gasteiger partial charge in [-0.2, -0.15) is 4.31 Å². The van der Waals surface area contributed by atoms with Crippen molar-refractivity contribution in [3.8, 4) is 0 Å². The SMILES string of the molecule is CC1CN(C(=O)C2CCN(S(=O)(=O)c3cc(F)ccc3F)CC2)CCN1.Cl. The van der Waals surface area contributed by atoms with E-state index >= 15 is 0 Å². The fourth-order valence-corrected chi connectivity index (χ4v) is 5.09. The van der Waals surface area contributed by atoms with Gasteiger partial charge >= 0.3 is 0 Å². The van der Waals surface area contributed by atoms with Crippen molar-refractivity contribution in [2.24, 2.45) is 5.92 Å². The van der Waals surface area contributed by atoms with Gasteiger partial charge in [-0.1, -0.05) is 0 Å². The van der Waals surface area contributed by atoms with E-state index in [0.29, 0.717) is 32.0 Å². The Balaban J connectivity index is 0.00000261. The summed E-state index contributed by atoms with van der Waals surface area (Å²) in [5, 5.41) is 3.28. The van der Waals surface area contributed by atoms with Crippen LogP contribution in [0.5, 0.6) is 0 Å². The predicted octanol–water partition coefficient (Wildman–Crippen LogP) is 1.61. The van der Waals surface area contributed by atoms with Crippen LogP contribution in [0.1, 0.15) is 19.8 Å². The number of carbonyl (C=O) groups excluding carboxylic acids is 1. The van der Waals surface area contributed by atoms with Crippen LogP contribution in [0.3, 0.4) is 0 Å². The Labute approximate surface area is 164 Å². The zero-order valence-electron chi connectivity index (χ0n) is 15.0. The molecule has 1 atom stereocenters. The van der Waals surface area contributed by atoms with Gasteiger partial charge in [-0.3, -0.25) is 4.79 Å². The molecule has 2 aliphatic heterocycles. The van der Waals surface area contributed by atoms with Crippen LogP contribution in [-0.4, -0.2) is 62.3 Å². The van der Waals surface area contributed by atoms with Gasteiger partial charge in [-0.15, -0.1) is 12.4 Å². The number of nitrogens with zero attached hydrogens (tertiary/aromatic N) is 2. The molecular formula is C17H24ClF2N3O3S. The van der Waals surface area contributed by atoms with Crippen LogP contribution in [-0.2, 0) is 14.8 Å². The number of nitrogens with one attached hydrogen (secondary N) is 1. The second-order valence-electron chi connectivity index (χ2n) is 6.89. The molecule has 1 aromatic rings. The van der Waals surface area contributed by atoms with Crippen molar-refractivity contribution in [2.45, 2.75) is 30.7 Å². The van der Waals surface area contributed by atoms with Crippen molar-refractivity contribution in [2.75, 3.05) is 32.7 Å². The highest BCUT2D eigenvalue weighted by Gasteiger charge is 2.35. The Bertz CT molecular complexity index is 786. The van der Waals surface area contributed by atoms with E-state index in [-0.39, 0.29) is 43.4 Å². The van der Waals surface area contributed by atoms with Crippen LogP contribution in [0.2, 0.25) is 0 Å². The molecule has 3 rings (SSSR count). The molecular weight excluding hydrogens is 400 g/mol. The number of amides is 1. The molecule has 2 aliphatic rings. The maximum absolute atomic E-state index is 13.9. The molecule has 6 nitrogen and oxygen atoms in total. The van der Waals surface area contributed by atoms with Gasteiger partial charge in [0, 0.05) is 44.7 Å². The van der Waals surface area contributed by atoms with E-state index in [4.69, 9.17) is 0 Å². The summed E-state index contributed by atoms with van der Waals surface area (Å²) in [6, 6.07) is 2.63. The van der Waals surface area contributed by atoms with Gasteiger partial charge in [-0.25, -0.2) is 17.2 Å². The van der Waals surface area contributed by atoms with E-state index in [0.717, 1.165) is 23.0 Å². The first-order valence-electron chi connectivity index (χ1n) is 8.76. The van der Waals surface area contributed by atoms with Crippen molar-refractivity contribution in [1.82, 2.24) is 14.5 Å². The smallest absolute Gasteiger partial charge is 0.246 e. The first-order valence-corrected chi connectivity index (χ1v) is 10.2. The molecule has 10 heteroatoms. The highest BCUT2D eigenvalue weighted by molar-refractivity contribution is 7.89. The van der Waals surface area contributed by atoms with Crippen molar-refractivity contribution < 1.29 is 22.0 Å². The summed E-state index contributed by atoms with van der Waals surface area (Å²) >= 11 is 0. The minimum absolute atomic E-state index is 0. The molecule has 1 aromatic carbocycles. The van der Waals surface area contributed by atoms with Gasteiger partial charge in [0.15, 0.2) is 0 Å². The molecule has 1 unspecified atom stereocenters. The number of sulfonamides is 1. The van der Waals surface area contributed by atoms with Crippen LogP contribution in [0.15, 0.2) is 23.1 Å². The lowest BCUT2D eigenvalue weighted by atomic mass is 9.96. The fourth-order valence-electron chi connectivity index (χ4n) is 3.55. The summed E-state index contributed by atoms with van der Waals surface area (Å²) in [7, 11) is -4.11. The number of halogens is 3. The van der Waals surface area contributed by atoms with E-state index in [9.17, 15) is 22.0 Å². The van der Waals surface area contributed by atoms with Gasteiger partial charge in [-0.05, 0) is 38.0 Å². The van der Waals surface area contributed by atoms with E-state index in [1.54, 1.807) is 0 Å². The second kappa shape index (κ2) is 8.81. The highest BCUT2D eigenvalue weighted by atomic mass is 35.5. The molecule has 27 heavy (non-hydrogen) atoms. The van der Waals surface area contributed by atoms with Crippen molar-refractivity contribution in [1.29, 1.82) is 0 Å². The number of hydrogen-bond acceptors (Lipinski definition) is 4. The lowest BCUT2D eigenvalue weighted by Gasteiger charge is -2.37. The summed E-state index contributed by atoms with van der Waals surface area (Å²) < 4.78 is 53.5. The number of piperazine rings is 1. The number of benzene rings is 1. The van der Waals surface area contributed by atoms with E-state index < -0.39 is 26.6 Å². The Morgan fingerprint density at radius 1 is 1.19 bits per heavy atom. The molecule has 0 radical (unpaired) electrons. The molecule has 0 bridgehead atoms. The van der Waals surface area contributed by atoms with Crippen LogP contribution in [0.4, 0.5) is 8.78 Å². The third-order valence-corrected chi connectivity index (χ3v) is 6.91. The summed E-state index contributed by atoms with van der Waals surface area (Å²) in [5.41, 5.74) is 0. The Morgan fingerprint density at radius 3 is 2.48 bits per heavy atom. The van der Waals surface area contributed by atoms with Crippen LogP contribution >= 0.6 is 12.4 Å². The average molecular weight is 424 g/mol. The summed E-state index contributed by atoms with van der Waals surface area (Å²) in [4.78, 5) is 13.8. The Morgan fingerprint density at radius 2 is 1.85 bits per heavy atom. The maximum Gasteiger partial charge on any atom is 0.246 e. The molecule has 0 aliphatic carbocycles. The molecule has 2 saturated heterocycles. The Kier molecular flexibility index (Phi) is 7.18. The number of piperidine rings is 1. The minimum Gasteiger partial charge on any atom is -0.340 e. The van der Waals surface area contributed by atoms with Crippen LogP contribution in [0, 0.1) is 17.6 Å². The normalized spacial score (nSPS) is 22.3. The topological polar surface area (TPSA) is 69.7 Å². The predicted molar refractivity (Wildman–Crippen MR) is 99.1 cm³/mol. The largest absolute Gasteiger partial charge is 0.340 e. The fraction of sp³-hybridized carbons (Fsp3) is 0.588. The number of hydrogen-bond donors (Lipinski definition) is 1. The summed E-state index contributed by atoms with van der Waals surface area (Å²) in [6.07, 6.45) is 0.764. The molecule has 1 amide bonds. The molecule has 152 valence electrons. The summed E-state index contributed by atoms with van der Waals surface area (Å²) in [6.45, 7) is 4.30. The van der Waals surface area contributed by atoms with E-state index in [2.05, 4.69) is 5.32 Å². The van der Waals surface area contributed by atoms with Crippen LogP contribution < -0.4 is 5.32 Å². The van der Waals surface area contributed by atoms with Gasteiger partial charge < -0.3 is 10.2 Å². The first-order chi connectivity index (χ1) is 12.3. The minimum atomic E-state index is -4.11. The zero-order chi connectivity index (χ0) is 18.9. The number of carbonyl (C=O) groups is 1. The van der Waals surface area contributed by atoms with Crippen molar-refractivity contribution >= 4 is 28.3 Å². The molecule has 0 spiro atoms. The van der Waals surface area contributed by atoms with E-state index in [1.807, 2.05) is 11.8 Å². The maximum atomic E-state index is 13.9. The monoisotopic (exact) mass is 423 g/mol.